The fourth-order valence-electron chi connectivity index (χ4n) is 2.69. The number of amides is 1. The number of aromatic nitrogens is 4. The minimum absolute atomic E-state index is 0.0410. The molecule has 11 heteroatoms. The van der Waals surface area contributed by atoms with Crippen molar-refractivity contribution in [1.82, 2.24) is 24.9 Å². The van der Waals surface area contributed by atoms with Crippen LogP contribution < -0.4 is 20.7 Å². The van der Waals surface area contributed by atoms with Crippen LogP contribution in [0, 0.1) is 5.82 Å². The molecule has 0 unspecified atom stereocenters. The summed E-state index contributed by atoms with van der Waals surface area (Å²) in [5.74, 6) is 1.65. The molecule has 0 atom stereocenters. The molecule has 3 aromatic rings. The number of ether oxygens (including phenoxy) is 1. The van der Waals surface area contributed by atoms with E-state index in [1.807, 2.05) is 0 Å². The van der Waals surface area contributed by atoms with E-state index < -0.39 is 5.82 Å². The van der Waals surface area contributed by atoms with E-state index in [2.05, 4.69) is 39.9 Å². The SMILES string of the molecule is CNc1cc2nc3c(cnn13)C(=O)NCCOc1nc(c(F)cc1C=P)N2. The van der Waals surface area contributed by atoms with E-state index in [0.717, 1.165) is 0 Å². The number of pyridine rings is 1. The highest BCUT2D eigenvalue weighted by atomic mass is 31.0. The number of nitrogens with one attached hydrogen (secondary N) is 3. The standard InChI is InChI=1S/C16H15FN7O2P/c1-18-12-5-11-21-13-10(17)4-8(7-27)16(23-13)26-3-2-19-15(25)9-6-20-24(12)14(9)22-11/h4-7,18,27H,2-3H2,1H3,(H,19,25)(H,21,22,23). The molecule has 1 aliphatic heterocycles. The largest absolute Gasteiger partial charge is 0.475 e. The fraction of sp³-hybridized carbons (Fsp3) is 0.188. The molecule has 0 fully saturated rings. The van der Waals surface area contributed by atoms with Crippen LogP contribution in [0.4, 0.5) is 21.8 Å². The highest BCUT2D eigenvalue weighted by Crippen LogP contribution is 2.26. The van der Waals surface area contributed by atoms with Crippen molar-refractivity contribution >= 4 is 43.7 Å². The summed E-state index contributed by atoms with van der Waals surface area (Å²) in [5, 5.41) is 12.8. The third-order valence-corrected chi connectivity index (χ3v) is 4.28. The first-order chi connectivity index (χ1) is 13.1. The van der Waals surface area contributed by atoms with Gasteiger partial charge in [0.1, 0.15) is 23.8 Å². The summed E-state index contributed by atoms with van der Waals surface area (Å²) in [6.45, 7) is 0.395. The number of carbonyl (C=O) groups excluding carboxylic acids is 1. The van der Waals surface area contributed by atoms with Crippen LogP contribution in [0.3, 0.4) is 0 Å². The van der Waals surface area contributed by atoms with Crippen molar-refractivity contribution in [2.24, 2.45) is 0 Å². The Bertz CT molecular complexity index is 1070. The van der Waals surface area contributed by atoms with E-state index in [1.165, 1.54) is 22.6 Å². The lowest BCUT2D eigenvalue weighted by atomic mass is 10.3. The highest BCUT2D eigenvalue weighted by molar-refractivity contribution is 7.19. The monoisotopic (exact) mass is 387 g/mol. The van der Waals surface area contributed by atoms with E-state index in [0.29, 0.717) is 28.4 Å². The lowest BCUT2D eigenvalue weighted by molar-refractivity contribution is 0.0948. The molecule has 1 amide bonds. The Morgan fingerprint density at radius 3 is 3.04 bits per heavy atom. The molecule has 1 aliphatic rings. The molecule has 0 spiro atoms. The molecule has 3 N–H and O–H groups in total. The first kappa shape index (κ1) is 17.2. The van der Waals surface area contributed by atoms with Gasteiger partial charge in [0.05, 0.1) is 12.7 Å². The summed E-state index contributed by atoms with van der Waals surface area (Å²) in [7, 11) is 4.93. The van der Waals surface area contributed by atoms with Crippen LogP contribution in [-0.2, 0) is 0 Å². The van der Waals surface area contributed by atoms with Crippen molar-refractivity contribution in [2.45, 2.75) is 0 Å². The van der Waals surface area contributed by atoms with Gasteiger partial charge in [-0.25, -0.2) is 9.37 Å². The maximum Gasteiger partial charge on any atom is 0.256 e. The van der Waals surface area contributed by atoms with Crippen LogP contribution in [0.15, 0.2) is 18.3 Å². The maximum absolute atomic E-state index is 14.5. The van der Waals surface area contributed by atoms with Crippen molar-refractivity contribution in [3.05, 3.63) is 35.3 Å². The van der Waals surface area contributed by atoms with Crippen LogP contribution in [-0.4, -0.2) is 51.5 Å². The maximum atomic E-state index is 14.5. The summed E-state index contributed by atoms with van der Waals surface area (Å²) in [5.41, 5.74) is 1.06. The van der Waals surface area contributed by atoms with Gasteiger partial charge in [-0.2, -0.15) is 14.6 Å². The minimum atomic E-state index is -0.572. The number of nitrogens with zero attached hydrogens (tertiary/aromatic N) is 4. The van der Waals surface area contributed by atoms with E-state index in [-0.39, 0.29) is 30.8 Å². The first-order valence-corrected chi connectivity index (χ1v) is 8.64. The molecule has 4 bridgehead atoms. The molecular formula is C16H15FN7O2P. The third-order valence-electron chi connectivity index (χ3n) is 3.97. The number of fused-ring (bicyclic) bond motifs is 3. The van der Waals surface area contributed by atoms with Gasteiger partial charge in [0.25, 0.3) is 5.91 Å². The second-order valence-corrected chi connectivity index (χ2v) is 5.95. The second-order valence-electron chi connectivity index (χ2n) is 5.66. The Morgan fingerprint density at radius 2 is 2.26 bits per heavy atom. The third kappa shape index (κ3) is 3.04. The molecule has 0 radical (unpaired) electrons. The molecule has 0 saturated heterocycles. The molecule has 0 saturated carbocycles. The molecule has 0 aliphatic carbocycles. The molecule has 27 heavy (non-hydrogen) atoms. The van der Waals surface area contributed by atoms with Gasteiger partial charge in [-0.15, -0.1) is 8.86 Å². The number of carbonyl (C=O) groups is 1. The van der Waals surface area contributed by atoms with Crippen LogP contribution >= 0.6 is 8.86 Å². The second kappa shape index (κ2) is 6.81. The lowest BCUT2D eigenvalue weighted by Crippen LogP contribution is -2.28. The van der Waals surface area contributed by atoms with Crippen molar-refractivity contribution in [1.29, 1.82) is 0 Å². The minimum Gasteiger partial charge on any atom is -0.475 e. The molecule has 4 heterocycles. The van der Waals surface area contributed by atoms with Gasteiger partial charge in [0, 0.05) is 18.7 Å². The molecule has 4 rings (SSSR count). The van der Waals surface area contributed by atoms with Crippen molar-refractivity contribution in [3.8, 4) is 5.88 Å². The van der Waals surface area contributed by atoms with Gasteiger partial charge >= 0.3 is 0 Å². The van der Waals surface area contributed by atoms with Gasteiger partial charge in [-0.1, -0.05) is 0 Å². The molecular weight excluding hydrogens is 372 g/mol. The van der Waals surface area contributed by atoms with Crippen molar-refractivity contribution in [3.63, 3.8) is 0 Å². The van der Waals surface area contributed by atoms with E-state index >= 15 is 0 Å². The quantitative estimate of drug-likeness (QED) is 0.572. The number of halogens is 1. The van der Waals surface area contributed by atoms with Crippen molar-refractivity contribution < 1.29 is 13.9 Å². The van der Waals surface area contributed by atoms with E-state index in [1.54, 1.807) is 13.1 Å². The van der Waals surface area contributed by atoms with Crippen molar-refractivity contribution in [2.75, 3.05) is 30.8 Å². The summed E-state index contributed by atoms with van der Waals surface area (Å²) in [6.07, 6.45) is 1.43. The van der Waals surface area contributed by atoms with Crippen LogP contribution in [0.1, 0.15) is 15.9 Å². The number of anilines is 3. The van der Waals surface area contributed by atoms with E-state index in [9.17, 15) is 9.18 Å². The lowest BCUT2D eigenvalue weighted by Gasteiger charge is -2.12. The Morgan fingerprint density at radius 1 is 1.41 bits per heavy atom. The number of rotatable bonds is 2. The molecule has 138 valence electrons. The zero-order chi connectivity index (χ0) is 19.0. The Balaban J connectivity index is 1.91. The molecule has 9 nitrogen and oxygen atoms in total. The molecule has 3 aromatic heterocycles. The average molecular weight is 387 g/mol. The highest BCUT2D eigenvalue weighted by Gasteiger charge is 2.19. The smallest absolute Gasteiger partial charge is 0.256 e. The predicted molar refractivity (Wildman–Crippen MR) is 101 cm³/mol. The summed E-state index contributed by atoms with van der Waals surface area (Å²) in [6, 6.07) is 2.92. The van der Waals surface area contributed by atoms with Crippen LogP contribution in [0.2, 0.25) is 0 Å². The van der Waals surface area contributed by atoms with Gasteiger partial charge in [0.15, 0.2) is 17.3 Å². The summed E-state index contributed by atoms with van der Waals surface area (Å²) in [4.78, 5) is 21.1. The zero-order valence-corrected chi connectivity index (χ0v) is 15.2. The van der Waals surface area contributed by atoms with Gasteiger partial charge < -0.3 is 20.7 Å². The Hall–Kier alpha value is -3.26. The Labute approximate surface area is 155 Å². The van der Waals surface area contributed by atoms with Gasteiger partial charge in [-0.05, 0) is 11.9 Å². The first-order valence-electron chi connectivity index (χ1n) is 8.06. The number of hydrogen-bond acceptors (Lipinski definition) is 7. The summed E-state index contributed by atoms with van der Waals surface area (Å²) >= 11 is 0. The molecule has 0 aromatic carbocycles. The van der Waals surface area contributed by atoms with E-state index in [4.69, 9.17) is 4.74 Å². The van der Waals surface area contributed by atoms with Crippen LogP contribution in [0.5, 0.6) is 5.88 Å². The van der Waals surface area contributed by atoms with Gasteiger partial charge in [-0.3, -0.25) is 4.79 Å². The van der Waals surface area contributed by atoms with Crippen LogP contribution in [0.25, 0.3) is 5.65 Å². The summed E-state index contributed by atoms with van der Waals surface area (Å²) < 4.78 is 21.6. The number of hydrogen-bond donors (Lipinski definition) is 3. The topological polar surface area (TPSA) is 105 Å². The normalized spacial score (nSPS) is 13.6. The Kier molecular flexibility index (Phi) is 4.33. The van der Waals surface area contributed by atoms with Gasteiger partial charge in [0.2, 0.25) is 5.88 Å². The average Bonchev–Trinajstić information content (AvgIpc) is 3.09. The fourth-order valence-corrected chi connectivity index (χ4v) is 2.89. The predicted octanol–water partition coefficient (Wildman–Crippen LogP) is 1.46. The zero-order valence-electron chi connectivity index (χ0n) is 14.2.